The topological polar surface area (TPSA) is 75.4 Å². The van der Waals surface area contributed by atoms with Crippen molar-refractivity contribution in [3.63, 3.8) is 0 Å². The van der Waals surface area contributed by atoms with Crippen molar-refractivity contribution < 1.29 is 8.42 Å². The number of nitrogens with one attached hydrogen (secondary N) is 1. The van der Waals surface area contributed by atoms with Crippen LogP contribution in [0.25, 0.3) is 0 Å². The van der Waals surface area contributed by atoms with Gasteiger partial charge >= 0.3 is 0 Å². The Labute approximate surface area is 132 Å². The molecule has 3 N–H and O–H groups in total. The molecule has 0 aliphatic carbocycles. The van der Waals surface area contributed by atoms with Gasteiger partial charge in [-0.05, 0) is 51.7 Å². The van der Waals surface area contributed by atoms with Gasteiger partial charge in [-0.2, -0.15) is 0 Å². The Balaban J connectivity index is 2.20. The molecular formula is C14H25N3O2S2. The number of benzene rings is 1. The second-order valence-electron chi connectivity index (χ2n) is 5.14. The van der Waals surface area contributed by atoms with E-state index in [1.54, 1.807) is 0 Å². The number of nitrogens with two attached hydrogens (primary N) is 1. The smallest absolute Gasteiger partial charge is 0.212 e. The molecule has 0 fully saturated rings. The zero-order chi connectivity index (χ0) is 15.7. The van der Waals surface area contributed by atoms with E-state index in [4.69, 9.17) is 5.73 Å². The van der Waals surface area contributed by atoms with E-state index >= 15 is 0 Å². The number of anilines is 1. The van der Waals surface area contributed by atoms with Crippen molar-refractivity contribution in [2.45, 2.75) is 17.7 Å². The van der Waals surface area contributed by atoms with E-state index < -0.39 is 10.0 Å². The first-order chi connectivity index (χ1) is 9.89. The predicted molar refractivity (Wildman–Crippen MR) is 91.2 cm³/mol. The fraction of sp³-hybridized carbons (Fsp3) is 0.571. The zero-order valence-corrected chi connectivity index (χ0v) is 14.3. The fourth-order valence-electron chi connectivity index (χ4n) is 1.73. The van der Waals surface area contributed by atoms with Crippen LogP contribution in [0.15, 0.2) is 29.2 Å². The Hall–Kier alpha value is -0.760. The first kappa shape index (κ1) is 18.3. The number of sulfonamides is 1. The van der Waals surface area contributed by atoms with Crippen LogP contribution in [0, 0.1) is 0 Å². The molecule has 0 saturated carbocycles. The predicted octanol–water partition coefficient (Wildman–Crippen LogP) is 1.62. The van der Waals surface area contributed by atoms with Crippen LogP contribution in [-0.4, -0.2) is 52.0 Å². The third-order valence-electron chi connectivity index (χ3n) is 2.83. The summed E-state index contributed by atoms with van der Waals surface area (Å²) in [7, 11) is 0.845. The lowest BCUT2D eigenvalue weighted by atomic mass is 10.3. The van der Waals surface area contributed by atoms with Crippen LogP contribution in [0.1, 0.15) is 12.8 Å². The number of nitrogens with zero attached hydrogens (tertiary/aromatic N) is 1. The standard InChI is InChI=1S/C14H25N3O2S2/c1-17(2)9-4-3-8-16-21(18,19)11-10-20-14-7-5-6-13(15)12-14/h5-7,12,16H,3-4,8-11,15H2,1-2H3. The molecule has 0 unspecified atom stereocenters. The van der Waals surface area contributed by atoms with Gasteiger partial charge in [0.05, 0.1) is 5.75 Å². The van der Waals surface area contributed by atoms with Crippen LogP contribution in [0.4, 0.5) is 5.69 Å². The fourth-order valence-corrected chi connectivity index (χ4v) is 4.17. The minimum absolute atomic E-state index is 0.125. The summed E-state index contributed by atoms with van der Waals surface area (Å²) in [5, 5.41) is 0. The normalized spacial score (nSPS) is 12.0. The summed E-state index contributed by atoms with van der Waals surface area (Å²) >= 11 is 1.50. The molecule has 0 spiro atoms. The van der Waals surface area contributed by atoms with Crippen LogP contribution in [0.3, 0.4) is 0 Å². The molecule has 0 radical (unpaired) electrons. The summed E-state index contributed by atoms with van der Waals surface area (Å²) in [5.74, 6) is 0.649. The first-order valence-corrected chi connectivity index (χ1v) is 9.63. The summed E-state index contributed by atoms with van der Waals surface area (Å²) in [4.78, 5) is 3.09. The molecule has 0 aromatic heterocycles. The van der Waals surface area contributed by atoms with Crippen LogP contribution in [0.5, 0.6) is 0 Å². The summed E-state index contributed by atoms with van der Waals surface area (Å²) in [6, 6.07) is 7.47. The SMILES string of the molecule is CN(C)CCCCNS(=O)(=O)CCSc1cccc(N)c1. The minimum Gasteiger partial charge on any atom is -0.399 e. The van der Waals surface area contributed by atoms with Crippen molar-refractivity contribution in [2.24, 2.45) is 0 Å². The Morgan fingerprint density at radius 2 is 2.05 bits per heavy atom. The number of nitrogen functional groups attached to an aromatic ring is 1. The minimum atomic E-state index is -3.18. The highest BCUT2D eigenvalue weighted by Gasteiger charge is 2.09. The van der Waals surface area contributed by atoms with E-state index in [0.717, 1.165) is 24.3 Å². The Morgan fingerprint density at radius 1 is 1.29 bits per heavy atom. The van der Waals surface area contributed by atoms with E-state index in [2.05, 4.69) is 9.62 Å². The third kappa shape index (κ3) is 8.98. The van der Waals surface area contributed by atoms with Crippen LogP contribution in [-0.2, 0) is 10.0 Å². The lowest BCUT2D eigenvalue weighted by Crippen LogP contribution is -2.28. The van der Waals surface area contributed by atoms with Gasteiger partial charge in [0.1, 0.15) is 0 Å². The Morgan fingerprint density at radius 3 is 2.71 bits per heavy atom. The molecule has 0 aliphatic heterocycles. The summed E-state index contributed by atoms with van der Waals surface area (Å²) in [6.07, 6.45) is 1.85. The summed E-state index contributed by atoms with van der Waals surface area (Å²) in [5.41, 5.74) is 6.38. The van der Waals surface area contributed by atoms with Crippen molar-refractivity contribution in [1.82, 2.24) is 9.62 Å². The molecule has 120 valence electrons. The van der Waals surface area contributed by atoms with E-state index in [9.17, 15) is 8.42 Å². The molecule has 0 bridgehead atoms. The first-order valence-electron chi connectivity index (χ1n) is 6.99. The van der Waals surface area contributed by atoms with Gasteiger partial charge in [-0.1, -0.05) is 6.07 Å². The highest BCUT2D eigenvalue weighted by molar-refractivity contribution is 8.00. The number of thioether (sulfide) groups is 1. The molecule has 0 heterocycles. The Kier molecular flexibility index (Phi) is 8.10. The number of hydrogen-bond donors (Lipinski definition) is 2. The molecule has 0 amide bonds. The molecule has 0 aliphatic rings. The van der Waals surface area contributed by atoms with Crippen molar-refractivity contribution in [1.29, 1.82) is 0 Å². The van der Waals surface area contributed by atoms with Crippen LogP contribution >= 0.6 is 11.8 Å². The van der Waals surface area contributed by atoms with E-state index in [0.29, 0.717) is 18.0 Å². The van der Waals surface area contributed by atoms with Crippen molar-refractivity contribution >= 4 is 27.5 Å². The van der Waals surface area contributed by atoms with Gasteiger partial charge in [-0.15, -0.1) is 11.8 Å². The quantitative estimate of drug-likeness (QED) is 0.387. The zero-order valence-electron chi connectivity index (χ0n) is 12.7. The van der Waals surface area contributed by atoms with Gasteiger partial charge in [-0.3, -0.25) is 0 Å². The van der Waals surface area contributed by atoms with Gasteiger partial charge < -0.3 is 10.6 Å². The van der Waals surface area contributed by atoms with E-state index in [1.807, 2.05) is 38.4 Å². The van der Waals surface area contributed by atoms with E-state index in [-0.39, 0.29) is 5.75 Å². The summed E-state index contributed by atoms with van der Waals surface area (Å²) < 4.78 is 26.3. The van der Waals surface area contributed by atoms with Gasteiger partial charge in [-0.25, -0.2) is 13.1 Å². The van der Waals surface area contributed by atoms with Crippen LogP contribution in [0.2, 0.25) is 0 Å². The average molecular weight is 332 g/mol. The molecule has 1 rings (SSSR count). The monoisotopic (exact) mass is 331 g/mol. The number of hydrogen-bond acceptors (Lipinski definition) is 5. The maximum Gasteiger partial charge on any atom is 0.212 e. The maximum absolute atomic E-state index is 11.8. The number of unbranched alkanes of at least 4 members (excludes halogenated alkanes) is 1. The molecule has 7 heteroatoms. The molecule has 0 saturated heterocycles. The van der Waals surface area contributed by atoms with Gasteiger partial charge in [0.2, 0.25) is 10.0 Å². The van der Waals surface area contributed by atoms with Gasteiger partial charge in [0, 0.05) is 22.9 Å². The van der Waals surface area contributed by atoms with Crippen molar-refractivity contribution in [3.8, 4) is 0 Å². The third-order valence-corrected chi connectivity index (χ3v) is 5.47. The second-order valence-corrected chi connectivity index (χ2v) is 8.24. The molecule has 1 aromatic carbocycles. The Bertz CT molecular complexity index is 519. The molecule has 1 aromatic rings. The summed E-state index contributed by atoms with van der Waals surface area (Å²) in [6.45, 7) is 1.49. The average Bonchev–Trinajstić information content (AvgIpc) is 2.37. The molecule has 5 nitrogen and oxygen atoms in total. The van der Waals surface area contributed by atoms with Crippen molar-refractivity contribution in [3.05, 3.63) is 24.3 Å². The lowest BCUT2D eigenvalue weighted by Gasteiger charge is -2.10. The highest BCUT2D eigenvalue weighted by Crippen LogP contribution is 2.20. The van der Waals surface area contributed by atoms with Crippen LogP contribution < -0.4 is 10.5 Å². The molecular weight excluding hydrogens is 306 g/mol. The largest absolute Gasteiger partial charge is 0.399 e. The van der Waals surface area contributed by atoms with Gasteiger partial charge in [0.15, 0.2) is 0 Å². The molecule has 0 atom stereocenters. The van der Waals surface area contributed by atoms with Crippen molar-refractivity contribution in [2.75, 3.05) is 44.4 Å². The lowest BCUT2D eigenvalue weighted by molar-refractivity contribution is 0.394. The molecule has 21 heavy (non-hydrogen) atoms. The van der Waals surface area contributed by atoms with E-state index in [1.165, 1.54) is 11.8 Å². The highest BCUT2D eigenvalue weighted by atomic mass is 32.2. The maximum atomic E-state index is 11.8. The second kappa shape index (κ2) is 9.30. The van der Waals surface area contributed by atoms with Gasteiger partial charge in [0.25, 0.3) is 0 Å². The number of rotatable bonds is 10.